The zero-order valence-corrected chi connectivity index (χ0v) is 34.5. The molecule has 3 aromatic carbocycles. The minimum Gasteiger partial charge on any atom is -0.508 e. The lowest BCUT2D eigenvalue weighted by molar-refractivity contribution is -0.125. The first-order chi connectivity index (χ1) is 28.0. The maximum atomic E-state index is 13.0. The number of nitrogens with zero attached hydrogens (tertiary/aromatic N) is 3. The molecule has 2 N–H and O–H groups in total. The van der Waals surface area contributed by atoms with E-state index in [1.54, 1.807) is 12.1 Å². The van der Waals surface area contributed by atoms with E-state index < -0.39 is 11.9 Å². The molecule has 11 heteroatoms. The van der Waals surface area contributed by atoms with E-state index in [1.165, 1.54) is 35.7 Å². The number of ether oxygens (including phenoxy) is 1. The number of hydrogen-bond acceptors (Lipinski definition) is 9. The van der Waals surface area contributed by atoms with Gasteiger partial charge in [0.2, 0.25) is 5.91 Å². The molecular weight excluding hydrogens is 733 g/mol. The predicted molar refractivity (Wildman–Crippen MR) is 225 cm³/mol. The summed E-state index contributed by atoms with van der Waals surface area (Å²) >= 11 is 0. The standard InChI is InChI=1S/C28H35NO2.C19H23N3O5/c1-20-19-24(30)11-14-27(20)28(21(2)22-7-5-4-6-8-22)23-9-12-25(13-10-23)31-26-15-17-29(3)18-16-26;1-20-18(26)17(4-3-6-23)21(2)19(27)16-9-14-11-22(5-7-24)10-13(14)8-15(16)12-25/h4-5,7,9-14,19,21,26,28,30H,6,8,15-18H2,1-3H3;6-9,12,17H,3-5,10-11H2,1-2H3,(H,20,26)/t21-,28-;/m1./s1. The lowest BCUT2D eigenvalue weighted by Gasteiger charge is -2.30. The van der Waals surface area contributed by atoms with Gasteiger partial charge < -0.3 is 34.5 Å². The van der Waals surface area contributed by atoms with Crippen molar-refractivity contribution in [2.75, 3.05) is 40.8 Å². The molecule has 1 unspecified atom stereocenters. The molecule has 0 spiro atoms. The molecule has 0 saturated carbocycles. The zero-order chi connectivity index (χ0) is 41.8. The van der Waals surface area contributed by atoms with E-state index in [4.69, 9.17) is 4.74 Å². The summed E-state index contributed by atoms with van der Waals surface area (Å²) in [6, 6.07) is 17.0. The number of aromatic hydroxyl groups is 1. The fourth-order valence-corrected chi connectivity index (χ4v) is 8.29. The second-order valence-corrected chi connectivity index (χ2v) is 15.7. The minimum absolute atomic E-state index is 0.140. The van der Waals surface area contributed by atoms with Gasteiger partial charge in [0.1, 0.15) is 36.2 Å². The molecule has 308 valence electrons. The van der Waals surface area contributed by atoms with E-state index >= 15 is 0 Å². The molecule has 2 aliphatic heterocycles. The van der Waals surface area contributed by atoms with Gasteiger partial charge in [0.05, 0.1) is 12.1 Å². The van der Waals surface area contributed by atoms with Crippen molar-refractivity contribution in [3.8, 4) is 11.5 Å². The number of aryl methyl sites for hydroxylation is 1. The van der Waals surface area contributed by atoms with Gasteiger partial charge >= 0.3 is 0 Å². The van der Waals surface area contributed by atoms with E-state index in [9.17, 15) is 29.1 Å². The van der Waals surface area contributed by atoms with Crippen LogP contribution in [0.2, 0.25) is 0 Å². The van der Waals surface area contributed by atoms with Crippen LogP contribution in [0.15, 0.2) is 78.4 Å². The summed E-state index contributed by atoms with van der Waals surface area (Å²) in [5.41, 5.74) is 7.44. The van der Waals surface area contributed by atoms with E-state index in [2.05, 4.69) is 79.7 Å². The zero-order valence-electron chi connectivity index (χ0n) is 34.5. The Labute approximate surface area is 342 Å². The molecule has 2 amide bonds. The highest BCUT2D eigenvalue weighted by Gasteiger charge is 2.30. The van der Waals surface area contributed by atoms with E-state index in [0.29, 0.717) is 43.4 Å². The Hall–Kier alpha value is -5.39. The Morgan fingerprint density at radius 3 is 2.31 bits per heavy atom. The molecule has 3 aliphatic rings. The highest BCUT2D eigenvalue weighted by molar-refractivity contribution is 6.03. The van der Waals surface area contributed by atoms with Gasteiger partial charge in [-0.2, -0.15) is 0 Å². The molecule has 58 heavy (non-hydrogen) atoms. The Kier molecular flexibility index (Phi) is 15.7. The number of nitrogens with one attached hydrogen (secondary N) is 1. The van der Waals surface area contributed by atoms with Crippen molar-refractivity contribution in [2.24, 2.45) is 5.92 Å². The van der Waals surface area contributed by atoms with Gasteiger partial charge in [0, 0.05) is 58.2 Å². The number of allylic oxidation sites excluding steroid dienone is 4. The van der Waals surface area contributed by atoms with Gasteiger partial charge in [-0.05, 0) is 116 Å². The molecule has 6 rings (SSSR count). The Bertz CT molecular complexity index is 1980. The Morgan fingerprint density at radius 2 is 1.71 bits per heavy atom. The third-order valence-electron chi connectivity index (χ3n) is 11.7. The van der Waals surface area contributed by atoms with Gasteiger partial charge in [-0.15, -0.1) is 0 Å². The molecule has 1 fully saturated rings. The molecule has 11 nitrogen and oxygen atoms in total. The number of likely N-dealkylation sites (tertiary alicyclic amines) is 1. The number of benzene rings is 3. The van der Waals surface area contributed by atoms with E-state index in [0.717, 1.165) is 67.5 Å². The minimum atomic E-state index is -0.813. The van der Waals surface area contributed by atoms with Crippen LogP contribution in [0.4, 0.5) is 0 Å². The smallest absolute Gasteiger partial charge is 0.255 e. The first kappa shape index (κ1) is 43.7. The summed E-state index contributed by atoms with van der Waals surface area (Å²) in [7, 11) is 5.12. The van der Waals surface area contributed by atoms with E-state index in [1.807, 2.05) is 17.0 Å². The number of amides is 2. The quantitative estimate of drug-likeness (QED) is 0.168. The van der Waals surface area contributed by atoms with Crippen LogP contribution in [0.25, 0.3) is 0 Å². The highest BCUT2D eigenvalue weighted by Crippen LogP contribution is 2.41. The summed E-state index contributed by atoms with van der Waals surface area (Å²) in [5.74, 6) is 1.08. The summed E-state index contributed by atoms with van der Waals surface area (Å²) in [6.45, 7) is 7.98. The monoisotopic (exact) mass is 790 g/mol. The molecule has 3 atom stereocenters. The SMILES string of the molecule is CNC(=O)C(CCC=O)N(C)C(=O)c1cc2c(cc1C=O)CN(CC=O)C2.Cc1cc(O)ccc1[C@@H](c1ccc(OC2CCN(C)CC2)cc1)[C@H](C)C1=CC=CCC1. The summed E-state index contributed by atoms with van der Waals surface area (Å²) in [4.78, 5) is 63.6. The predicted octanol–water partition coefficient (Wildman–Crippen LogP) is 6.40. The number of fused-ring (bicyclic) bond motifs is 1. The second kappa shape index (κ2) is 20.9. The van der Waals surface area contributed by atoms with Crippen molar-refractivity contribution in [1.29, 1.82) is 0 Å². The fourth-order valence-electron chi connectivity index (χ4n) is 8.29. The van der Waals surface area contributed by atoms with Crippen LogP contribution in [0.1, 0.15) is 99.9 Å². The number of aldehydes is 3. The number of likely N-dealkylation sites (N-methyl/N-ethyl adjacent to an activating group) is 2. The lowest BCUT2D eigenvalue weighted by Crippen LogP contribution is -2.47. The normalized spacial score (nSPS) is 17.1. The summed E-state index contributed by atoms with van der Waals surface area (Å²) in [6.07, 6.45) is 13.9. The van der Waals surface area contributed by atoms with Crippen LogP contribution in [-0.2, 0) is 27.5 Å². The summed E-state index contributed by atoms with van der Waals surface area (Å²) < 4.78 is 6.28. The molecule has 0 radical (unpaired) electrons. The number of rotatable bonds is 15. The highest BCUT2D eigenvalue weighted by atomic mass is 16.5. The van der Waals surface area contributed by atoms with Crippen molar-refractivity contribution in [3.63, 3.8) is 0 Å². The third-order valence-corrected chi connectivity index (χ3v) is 11.7. The third kappa shape index (κ3) is 11.0. The molecule has 3 aromatic rings. The largest absolute Gasteiger partial charge is 0.508 e. The van der Waals surface area contributed by atoms with Crippen molar-refractivity contribution in [3.05, 3.63) is 117 Å². The lowest BCUT2D eigenvalue weighted by atomic mass is 9.75. The number of carbonyl (C=O) groups is 5. The van der Waals surface area contributed by atoms with Crippen molar-refractivity contribution >= 4 is 30.7 Å². The molecule has 0 bridgehead atoms. The number of carbonyl (C=O) groups excluding carboxylic acids is 5. The van der Waals surface area contributed by atoms with Gasteiger partial charge in [-0.25, -0.2) is 0 Å². The molecule has 1 aliphatic carbocycles. The molecule has 0 aromatic heterocycles. The van der Waals surface area contributed by atoms with Crippen molar-refractivity contribution in [2.45, 2.75) is 83.5 Å². The number of piperidine rings is 1. The maximum absolute atomic E-state index is 13.0. The molecule has 1 saturated heterocycles. The van der Waals surface area contributed by atoms with Gasteiger partial charge in [0.15, 0.2) is 6.29 Å². The van der Waals surface area contributed by atoms with Crippen LogP contribution in [0, 0.1) is 12.8 Å². The van der Waals surface area contributed by atoms with Crippen LogP contribution in [0.5, 0.6) is 11.5 Å². The van der Waals surface area contributed by atoms with Crippen LogP contribution in [-0.4, -0.2) is 103 Å². The molecular formula is C47H58N4O7. The average Bonchev–Trinajstić information content (AvgIpc) is 3.64. The number of phenolic OH excluding ortho intramolecular Hbond substituents is 1. The topological polar surface area (TPSA) is 137 Å². The Morgan fingerprint density at radius 1 is 1.00 bits per heavy atom. The van der Waals surface area contributed by atoms with Gasteiger partial charge in [-0.3, -0.25) is 19.3 Å². The first-order valence-corrected chi connectivity index (χ1v) is 20.3. The first-order valence-electron chi connectivity index (χ1n) is 20.3. The molecule has 2 heterocycles. The van der Waals surface area contributed by atoms with Gasteiger partial charge in [0.25, 0.3) is 5.91 Å². The number of hydrogen-bond donors (Lipinski definition) is 2. The number of phenols is 1. The van der Waals surface area contributed by atoms with Crippen LogP contribution >= 0.6 is 0 Å². The van der Waals surface area contributed by atoms with Crippen LogP contribution in [0.3, 0.4) is 0 Å². The van der Waals surface area contributed by atoms with Gasteiger partial charge in [-0.1, -0.05) is 48.9 Å². The Balaban J connectivity index is 0.000000223. The van der Waals surface area contributed by atoms with Crippen molar-refractivity contribution < 1.29 is 33.8 Å². The van der Waals surface area contributed by atoms with E-state index in [-0.39, 0.29) is 42.3 Å². The van der Waals surface area contributed by atoms with Crippen LogP contribution < -0.4 is 10.1 Å². The second-order valence-electron chi connectivity index (χ2n) is 15.7. The average molecular weight is 791 g/mol. The van der Waals surface area contributed by atoms with Crippen molar-refractivity contribution in [1.82, 2.24) is 20.0 Å². The maximum Gasteiger partial charge on any atom is 0.255 e. The fraction of sp³-hybridized carbons (Fsp3) is 0.426. The summed E-state index contributed by atoms with van der Waals surface area (Å²) in [5, 5.41) is 12.4.